The lowest BCUT2D eigenvalue weighted by Gasteiger charge is -2.41. The van der Waals surface area contributed by atoms with Crippen molar-refractivity contribution in [2.45, 2.75) is 57.3 Å². The molecule has 4 heterocycles. The van der Waals surface area contributed by atoms with E-state index in [9.17, 15) is 19.1 Å². The van der Waals surface area contributed by atoms with Gasteiger partial charge in [0.15, 0.2) is 17.2 Å². The second-order valence-electron chi connectivity index (χ2n) is 11.2. The molecule has 0 atom stereocenters. The number of aromatic nitrogens is 6. The van der Waals surface area contributed by atoms with Crippen LogP contribution in [0.25, 0.3) is 5.82 Å². The molecule has 2 N–H and O–H groups in total. The summed E-state index contributed by atoms with van der Waals surface area (Å²) in [6.07, 6.45) is 9.80. The zero-order chi connectivity index (χ0) is 30.2. The molecule has 0 aromatic carbocycles. The molecule has 4 bridgehead atoms. The number of carbonyl (C=O) groups excluding carboxylic acids is 1. The Morgan fingerprint density at radius 3 is 2.26 bits per heavy atom. The SMILES string of the molecule is CCOC(=O)c1n[nH]c2c1C1CC(C2)C1.Fc1cc(I)ccn1.O=C(O)c1nn(-c2cc(I)ccn2)c2c1C1CC(C2)C1. The maximum atomic E-state index is 12.1. The molecule has 224 valence electrons. The van der Waals surface area contributed by atoms with Gasteiger partial charge in [-0.2, -0.15) is 14.6 Å². The van der Waals surface area contributed by atoms with Gasteiger partial charge in [0.1, 0.15) is 0 Å². The molecular weight excluding hydrogens is 781 g/mol. The zero-order valence-electron chi connectivity index (χ0n) is 23.3. The van der Waals surface area contributed by atoms with E-state index in [0.29, 0.717) is 35.9 Å². The summed E-state index contributed by atoms with van der Waals surface area (Å²) < 4.78 is 20.7. The van der Waals surface area contributed by atoms with Gasteiger partial charge in [-0.15, -0.1) is 0 Å². The molecule has 2 fully saturated rings. The number of ether oxygens (including phenoxy) is 1. The summed E-state index contributed by atoms with van der Waals surface area (Å²) in [7, 11) is 0. The number of nitrogens with one attached hydrogen (secondary N) is 1. The predicted molar refractivity (Wildman–Crippen MR) is 171 cm³/mol. The van der Waals surface area contributed by atoms with Crippen LogP contribution in [0.2, 0.25) is 0 Å². The van der Waals surface area contributed by atoms with Crippen LogP contribution in [-0.4, -0.2) is 53.6 Å². The molecular formula is C30H29FI2N6O4. The molecule has 0 unspecified atom stereocenters. The number of nitrogens with zero attached hydrogens (tertiary/aromatic N) is 5. The third-order valence-electron chi connectivity index (χ3n) is 8.45. The van der Waals surface area contributed by atoms with Crippen LogP contribution in [-0.2, 0) is 17.6 Å². The largest absolute Gasteiger partial charge is 0.476 e. The number of carboxylic acids is 1. The van der Waals surface area contributed by atoms with E-state index in [4.69, 9.17) is 4.74 Å². The number of rotatable bonds is 4. The third-order valence-corrected chi connectivity index (χ3v) is 9.79. The Balaban J connectivity index is 0.000000126. The second-order valence-corrected chi connectivity index (χ2v) is 13.7. The average Bonchev–Trinajstić information content (AvgIpc) is 3.56. The van der Waals surface area contributed by atoms with Crippen molar-refractivity contribution in [2.24, 2.45) is 11.8 Å². The Hall–Kier alpha value is -2.95. The minimum absolute atomic E-state index is 0.212. The van der Waals surface area contributed by atoms with E-state index >= 15 is 0 Å². The number of hydrogen-bond acceptors (Lipinski definition) is 7. The van der Waals surface area contributed by atoms with E-state index in [0.717, 1.165) is 61.3 Å². The molecule has 4 aromatic heterocycles. The highest BCUT2D eigenvalue weighted by Crippen LogP contribution is 2.51. The van der Waals surface area contributed by atoms with Crippen molar-refractivity contribution in [3.05, 3.63) is 83.6 Å². The number of pyridine rings is 2. The zero-order valence-corrected chi connectivity index (χ0v) is 27.6. The van der Waals surface area contributed by atoms with Crippen LogP contribution in [0.15, 0.2) is 36.7 Å². The fraction of sp³-hybridized carbons (Fsp3) is 0.400. The van der Waals surface area contributed by atoms with Crippen LogP contribution in [0.3, 0.4) is 0 Å². The van der Waals surface area contributed by atoms with Gasteiger partial charge in [0, 0.05) is 42.4 Å². The van der Waals surface area contributed by atoms with Gasteiger partial charge < -0.3 is 9.84 Å². The summed E-state index contributed by atoms with van der Waals surface area (Å²) in [4.78, 5) is 30.8. The lowest BCUT2D eigenvalue weighted by atomic mass is 9.64. The highest BCUT2D eigenvalue weighted by molar-refractivity contribution is 14.1. The standard InChI is InChI=1S/C14H12IN3O2.C11H14N2O2.C5H3FIN/c15-9-1-2-16-11(6-9)18-10-5-7-3-8(4-7)12(10)13(17-18)14(19)20;1-2-15-11(14)10-9-7-3-6(4-7)5-8(9)12-13-10;6-5-3-4(7)1-2-8-5/h1-2,6-8H,3-5H2,(H,19,20);6-7H,2-5H2,1H3,(H,12,13);1-3H. The summed E-state index contributed by atoms with van der Waals surface area (Å²) in [6, 6.07) is 6.96. The van der Waals surface area contributed by atoms with E-state index < -0.39 is 11.9 Å². The highest BCUT2D eigenvalue weighted by Gasteiger charge is 2.43. The van der Waals surface area contributed by atoms with Crippen LogP contribution in [0.5, 0.6) is 0 Å². The summed E-state index contributed by atoms with van der Waals surface area (Å²) in [5, 5.41) is 20.8. The molecule has 0 aliphatic heterocycles. The van der Waals surface area contributed by atoms with Crippen LogP contribution < -0.4 is 0 Å². The number of hydrogen-bond donors (Lipinski definition) is 2. The first-order valence-electron chi connectivity index (χ1n) is 14.2. The van der Waals surface area contributed by atoms with E-state index in [-0.39, 0.29) is 11.7 Å². The van der Waals surface area contributed by atoms with Gasteiger partial charge in [0.2, 0.25) is 5.95 Å². The highest BCUT2D eigenvalue weighted by atomic mass is 127. The average molecular weight is 810 g/mol. The first-order chi connectivity index (χ1) is 20.7. The van der Waals surface area contributed by atoms with E-state index in [1.165, 1.54) is 25.1 Å². The van der Waals surface area contributed by atoms with Crippen molar-refractivity contribution in [3.63, 3.8) is 0 Å². The lowest BCUT2D eigenvalue weighted by Crippen LogP contribution is -2.31. The van der Waals surface area contributed by atoms with Gasteiger partial charge in [-0.05, 0) is 133 Å². The van der Waals surface area contributed by atoms with Gasteiger partial charge in [0.25, 0.3) is 0 Å². The summed E-state index contributed by atoms with van der Waals surface area (Å²) in [5.74, 6) is 1.52. The normalized spacial score (nSPS) is 21.8. The fourth-order valence-electron chi connectivity index (χ4n) is 6.50. The quantitative estimate of drug-likeness (QED) is 0.144. The van der Waals surface area contributed by atoms with Crippen molar-refractivity contribution in [1.82, 2.24) is 29.9 Å². The molecule has 10 nitrogen and oxygen atoms in total. The van der Waals surface area contributed by atoms with Gasteiger partial charge in [-0.1, -0.05) is 0 Å². The Bertz CT molecular complexity index is 1660. The molecule has 6 aliphatic carbocycles. The van der Waals surface area contributed by atoms with Crippen LogP contribution >= 0.6 is 45.2 Å². The Morgan fingerprint density at radius 2 is 1.65 bits per heavy atom. The molecule has 10 rings (SSSR count). The van der Waals surface area contributed by atoms with Gasteiger partial charge in [-0.3, -0.25) is 5.10 Å². The predicted octanol–water partition coefficient (Wildman–Crippen LogP) is 6.08. The molecule has 6 aliphatic rings. The summed E-state index contributed by atoms with van der Waals surface area (Å²) >= 11 is 4.25. The topological polar surface area (TPSA) is 136 Å². The number of carbonyl (C=O) groups is 2. The first-order valence-corrected chi connectivity index (χ1v) is 16.4. The van der Waals surface area contributed by atoms with Crippen LogP contribution in [0.1, 0.15) is 87.9 Å². The molecule has 43 heavy (non-hydrogen) atoms. The first kappa shape index (κ1) is 30.1. The van der Waals surface area contributed by atoms with E-state index in [1.54, 1.807) is 16.9 Å². The Morgan fingerprint density at radius 1 is 1.00 bits per heavy atom. The number of H-pyrrole nitrogens is 1. The molecule has 0 saturated heterocycles. The number of aromatic amines is 1. The van der Waals surface area contributed by atoms with Gasteiger partial charge >= 0.3 is 11.9 Å². The monoisotopic (exact) mass is 810 g/mol. The maximum absolute atomic E-state index is 12.1. The van der Waals surface area contributed by atoms with Crippen molar-refractivity contribution >= 4 is 57.1 Å². The molecule has 0 amide bonds. The Labute approximate surface area is 274 Å². The molecule has 4 aromatic rings. The molecule has 13 heteroatoms. The van der Waals surface area contributed by atoms with E-state index in [1.807, 2.05) is 41.6 Å². The smallest absolute Gasteiger partial charge is 0.359 e. The van der Waals surface area contributed by atoms with Crippen molar-refractivity contribution in [2.75, 3.05) is 6.61 Å². The number of aromatic carboxylic acids is 1. The number of esters is 1. The third kappa shape index (κ3) is 6.19. The molecule has 0 radical (unpaired) electrons. The Kier molecular flexibility index (Phi) is 8.80. The van der Waals surface area contributed by atoms with Gasteiger partial charge in [-0.25, -0.2) is 24.2 Å². The minimum Gasteiger partial charge on any atom is -0.476 e. The summed E-state index contributed by atoms with van der Waals surface area (Å²) in [5.41, 5.74) is 5.02. The van der Waals surface area contributed by atoms with Crippen LogP contribution in [0, 0.1) is 24.9 Å². The summed E-state index contributed by atoms with van der Waals surface area (Å²) in [6.45, 7) is 2.23. The van der Waals surface area contributed by atoms with Crippen molar-refractivity contribution in [3.8, 4) is 5.82 Å². The number of halogens is 3. The minimum atomic E-state index is -0.934. The van der Waals surface area contributed by atoms with Crippen LogP contribution in [0.4, 0.5) is 4.39 Å². The lowest BCUT2D eigenvalue weighted by molar-refractivity contribution is 0.0514. The van der Waals surface area contributed by atoms with Crippen molar-refractivity contribution < 1.29 is 23.8 Å². The second kappa shape index (κ2) is 12.6. The molecule has 0 spiro atoms. The van der Waals surface area contributed by atoms with E-state index in [2.05, 4.69) is 47.9 Å². The van der Waals surface area contributed by atoms with Crippen molar-refractivity contribution in [1.29, 1.82) is 0 Å². The molecule has 2 saturated carbocycles. The maximum Gasteiger partial charge on any atom is 0.359 e. The fourth-order valence-corrected chi connectivity index (χ4v) is 7.36. The van der Waals surface area contributed by atoms with Gasteiger partial charge in [0.05, 0.1) is 12.3 Å². The number of carboxylic acid groups (broad SMARTS) is 1.